The Hall–Kier alpha value is -6.64. The molecule has 83 heavy (non-hydrogen) atoms. The Bertz CT molecular complexity index is 3160. The van der Waals surface area contributed by atoms with Crippen LogP contribution < -0.4 is 27.0 Å². The minimum absolute atomic E-state index is 0.0446. The van der Waals surface area contributed by atoms with Gasteiger partial charge < -0.3 is 46.2 Å². The van der Waals surface area contributed by atoms with Gasteiger partial charge in [0.05, 0.1) is 4.88 Å². The van der Waals surface area contributed by atoms with Crippen molar-refractivity contribution in [1.29, 1.82) is 0 Å². The predicted octanol–water partition coefficient (Wildman–Crippen LogP) is 4.35. The number of nitrogens with zero attached hydrogens (tertiary/aromatic N) is 4. The quantitative estimate of drug-likeness (QED) is 0.0563. The molecule has 6 heterocycles. The molecule has 2 aromatic carbocycles. The van der Waals surface area contributed by atoms with E-state index in [9.17, 15) is 66.3 Å². The number of halogens is 2. The van der Waals surface area contributed by atoms with Gasteiger partial charge in [0.25, 0.3) is 11.8 Å². The molecule has 8 N–H and O–H groups in total. The number of thiophene rings is 1. The number of benzene rings is 2. The fourth-order valence-corrected chi connectivity index (χ4v) is 14.1. The van der Waals surface area contributed by atoms with E-state index in [-0.39, 0.29) is 91.1 Å². The molecule has 1 unspecified atom stereocenters. The number of amides is 9. The number of fused-ring (bicyclic) bond motifs is 3. The standard InChI is InChI=1S/C58H72F2N9O12PS/c1-33(2)67-28-25-39-16-18-45(69(39)56(77)43(32-67)63-54(75)47-30-37-29-38(15-20-46(37)83-47)58(59,60)82(79,80)81)53(74)62-42(17-21-48(61)70)51(72)65-50(36-11-4-3-5-12-36)57(78)66-26-23-34(24-27-66)9-6-7-10-35-13-8-14-40-41(35)31-68(55(40)76)44-19-22-49(71)64-52(44)73/h8,13-15,20,29-30,33-34,36,39,42-45,50H,3-6,9,11-12,16-19,21-28,31-32H2,1-2H3,(H2,61,70)(H,62,74)(H,63,75)(H,65,72)(H,64,71,73)(H2,79,80,81)/t39-,42+,43+,44?,45+,50+/m1/s1. The van der Waals surface area contributed by atoms with E-state index >= 15 is 0 Å². The van der Waals surface area contributed by atoms with Gasteiger partial charge in [-0.1, -0.05) is 43.2 Å². The highest BCUT2D eigenvalue weighted by Gasteiger charge is 2.51. The van der Waals surface area contributed by atoms with Crippen molar-refractivity contribution in [2.75, 3.05) is 26.2 Å². The van der Waals surface area contributed by atoms with Crippen LogP contribution in [0.15, 0.2) is 42.5 Å². The van der Waals surface area contributed by atoms with Crippen LogP contribution in [-0.4, -0.2) is 151 Å². The van der Waals surface area contributed by atoms with Crippen LogP contribution in [0.2, 0.25) is 0 Å². The third-order valence-corrected chi connectivity index (χ3v) is 19.5. The molecule has 0 bridgehead atoms. The highest BCUT2D eigenvalue weighted by molar-refractivity contribution is 7.52. The predicted molar refractivity (Wildman–Crippen MR) is 301 cm³/mol. The second-order valence-corrected chi connectivity index (χ2v) is 25.9. The lowest BCUT2D eigenvalue weighted by atomic mass is 9.82. The summed E-state index contributed by atoms with van der Waals surface area (Å²) in [4.78, 5) is 148. The number of piperidine rings is 2. The van der Waals surface area contributed by atoms with Crippen molar-refractivity contribution in [1.82, 2.24) is 40.9 Å². The Labute approximate surface area is 483 Å². The lowest BCUT2D eigenvalue weighted by molar-refractivity contribution is -0.144. The molecule has 4 saturated heterocycles. The van der Waals surface area contributed by atoms with E-state index in [1.807, 2.05) is 24.8 Å². The molecule has 1 saturated carbocycles. The van der Waals surface area contributed by atoms with E-state index in [0.717, 1.165) is 54.7 Å². The second-order valence-electron chi connectivity index (χ2n) is 23.1. The number of primary amides is 1. The Morgan fingerprint density at radius 3 is 2.36 bits per heavy atom. The number of hydrogen-bond acceptors (Lipinski definition) is 12. The molecular formula is C58H72F2N9O12PS. The molecule has 1 aliphatic carbocycles. The zero-order valence-corrected chi connectivity index (χ0v) is 48.3. The van der Waals surface area contributed by atoms with Gasteiger partial charge in [-0.25, -0.2) is 0 Å². The number of likely N-dealkylation sites (tertiary alicyclic amines) is 1. The molecule has 9 rings (SSSR count). The number of alkyl halides is 2. The van der Waals surface area contributed by atoms with Crippen LogP contribution in [0.5, 0.6) is 0 Å². The van der Waals surface area contributed by atoms with E-state index in [4.69, 9.17) is 5.73 Å². The molecule has 1 aromatic heterocycles. The van der Waals surface area contributed by atoms with Crippen LogP contribution in [0.1, 0.15) is 153 Å². The summed E-state index contributed by atoms with van der Waals surface area (Å²) < 4.78 is 41.2. The summed E-state index contributed by atoms with van der Waals surface area (Å²) in [6.07, 6.45) is 8.04. The van der Waals surface area contributed by atoms with E-state index in [1.54, 1.807) is 17.0 Å². The summed E-state index contributed by atoms with van der Waals surface area (Å²) in [6.45, 7) is 5.61. The SMILES string of the molecule is CC(C)N1CC[C@H]2CC[C@@H](C(=O)N[C@@H](CCC(N)=O)C(=O)N[C@H](C(=O)N3CCC(CCC#Cc4cccc5c4CN(C4CCC(=O)NC4=O)C5=O)CC3)C3CCCCC3)N2C(=O)[C@@H](NC(=O)c2cc3cc(C(F)(F)P(=O)(O)O)ccc3s2)C1. The average molecular weight is 1190 g/mol. The molecule has 25 heteroatoms. The Kier molecular flexibility index (Phi) is 18.9. The second kappa shape index (κ2) is 25.7. The lowest BCUT2D eigenvalue weighted by Gasteiger charge is -2.40. The summed E-state index contributed by atoms with van der Waals surface area (Å²) in [7, 11) is -5.87. The minimum atomic E-state index is -5.87. The van der Waals surface area contributed by atoms with E-state index < -0.39 is 90.5 Å². The van der Waals surface area contributed by atoms with Crippen molar-refractivity contribution in [3.8, 4) is 11.8 Å². The third-order valence-electron chi connectivity index (χ3n) is 17.4. The first-order valence-corrected chi connectivity index (χ1v) is 31.2. The summed E-state index contributed by atoms with van der Waals surface area (Å²) in [5.41, 5.74) is 2.15. The van der Waals surface area contributed by atoms with E-state index in [0.29, 0.717) is 80.4 Å². The first-order chi connectivity index (χ1) is 39.5. The number of hydrogen-bond donors (Lipinski definition) is 7. The van der Waals surface area contributed by atoms with Crippen LogP contribution in [-0.2, 0) is 50.3 Å². The molecule has 6 aliphatic rings. The summed E-state index contributed by atoms with van der Waals surface area (Å²) in [5.74, 6) is 1.99. The molecule has 5 aliphatic heterocycles. The van der Waals surface area contributed by atoms with Crippen molar-refractivity contribution in [2.45, 2.75) is 171 Å². The molecule has 6 atom stereocenters. The molecule has 446 valence electrons. The van der Waals surface area contributed by atoms with Gasteiger partial charge in [0.2, 0.25) is 41.4 Å². The summed E-state index contributed by atoms with van der Waals surface area (Å²) in [6, 6.07) is 3.99. The number of nitrogens with one attached hydrogen (secondary N) is 4. The minimum Gasteiger partial charge on any atom is -0.370 e. The first-order valence-electron chi connectivity index (χ1n) is 28.8. The third kappa shape index (κ3) is 13.7. The molecular weight excluding hydrogens is 1120 g/mol. The normalized spacial score (nSPS) is 22.9. The van der Waals surface area contributed by atoms with E-state index in [1.165, 1.54) is 21.9 Å². The van der Waals surface area contributed by atoms with Crippen molar-refractivity contribution in [3.05, 3.63) is 69.6 Å². The zero-order chi connectivity index (χ0) is 59.5. The molecule has 9 amide bonds. The summed E-state index contributed by atoms with van der Waals surface area (Å²) >= 11 is 0.938. The van der Waals surface area contributed by atoms with Crippen LogP contribution in [0.3, 0.4) is 0 Å². The maximum atomic E-state index is 14.8. The Morgan fingerprint density at radius 2 is 1.66 bits per heavy atom. The van der Waals surface area contributed by atoms with Gasteiger partial charge in [-0.05, 0) is 131 Å². The van der Waals surface area contributed by atoms with Gasteiger partial charge in [0.1, 0.15) is 30.2 Å². The highest BCUT2D eigenvalue weighted by Crippen LogP contribution is 2.59. The molecule has 3 aromatic rings. The smallest absolute Gasteiger partial charge is 0.370 e. The number of carbonyl (C=O) groups is 9. The fourth-order valence-electron chi connectivity index (χ4n) is 12.7. The lowest BCUT2D eigenvalue weighted by Crippen LogP contribution is -2.62. The van der Waals surface area contributed by atoms with Gasteiger partial charge >= 0.3 is 13.3 Å². The van der Waals surface area contributed by atoms with Crippen molar-refractivity contribution < 1.29 is 66.3 Å². The number of carbonyl (C=O) groups excluding carboxylic acids is 9. The van der Waals surface area contributed by atoms with Gasteiger partial charge in [0, 0.05) is 85.5 Å². The molecule has 21 nitrogen and oxygen atoms in total. The van der Waals surface area contributed by atoms with Crippen molar-refractivity contribution >= 4 is 82.2 Å². The van der Waals surface area contributed by atoms with Gasteiger partial charge in [-0.3, -0.25) is 57.9 Å². The van der Waals surface area contributed by atoms with Gasteiger partial charge in [-0.15, -0.1) is 11.3 Å². The number of rotatable bonds is 17. The van der Waals surface area contributed by atoms with Crippen LogP contribution in [0, 0.1) is 23.7 Å². The average Bonchev–Trinajstić information content (AvgIpc) is 4.42. The van der Waals surface area contributed by atoms with E-state index in [2.05, 4.69) is 33.1 Å². The van der Waals surface area contributed by atoms with Crippen molar-refractivity contribution in [2.24, 2.45) is 17.6 Å². The zero-order valence-electron chi connectivity index (χ0n) is 46.5. The highest BCUT2D eigenvalue weighted by atomic mass is 32.1. The van der Waals surface area contributed by atoms with Crippen molar-refractivity contribution in [3.63, 3.8) is 0 Å². The maximum Gasteiger partial charge on any atom is 0.399 e. The Balaban J connectivity index is 0.838. The number of imide groups is 1. The fraction of sp³-hybridized carbons (Fsp3) is 0.569. The number of nitrogens with two attached hydrogens (primary N) is 1. The molecule has 0 spiro atoms. The van der Waals surface area contributed by atoms with Crippen LogP contribution in [0.4, 0.5) is 8.78 Å². The largest absolute Gasteiger partial charge is 0.399 e. The molecule has 5 fully saturated rings. The summed E-state index contributed by atoms with van der Waals surface area (Å²) in [5, 5.41) is 11.1. The van der Waals surface area contributed by atoms with Gasteiger partial charge in [0.15, 0.2) is 0 Å². The topological polar surface area (TPSA) is 298 Å². The monoisotopic (exact) mass is 1190 g/mol. The molecule has 0 radical (unpaired) electrons. The maximum absolute atomic E-state index is 14.8. The van der Waals surface area contributed by atoms with Gasteiger partial charge in [-0.2, -0.15) is 8.78 Å². The van der Waals surface area contributed by atoms with Crippen LogP contribution in [0.25, 0.3) is 10.1 Å². The Morgan fingerprint density at radius 1 is 0.916 bits per heavy atom. The van der Waals surface area contributed by atoms with Crippen LogP contribution >= 0.6 is 18.9 Å². The first kappa shape index (κ1) is 60.9.